The predicted octanol–water partition coefficient (Wildman–Crippen LogP) is 4.87. The summed E-state index contributed by atoms with van der Waals surface area (Å²) in [5.41, 5.74) is 5.46. The van der Waals surface area contributed by atoms with Crippen molar-refractivity contribution in [1.82, 2.24) is 9.97 Å². The molecule has 4 rings (SSSR count). The Morgan fingerprint density at radius 3 is 2.40 bits per heavy atom. The minimum Gasteiger partial charge on any atom is -0.340 e. The average Bonchev–Trinajstić information content (AvgIpc) is 2.80. The Balaban J connectivity index is 1.40. The summed E-state index contributed by atoms with van der Waals surface area (Å²) in [6.45, 7) is 5.72. The van der Waals surface area contributed by atoms with Crippen LogP contribution in [-0.4, -0.2) is 29.0 Å². The van der Waals surface area contributed by atoms with Crippen LogP contribution in [0.25, 0.3) is 11.1 Å². The molecule has 5 heteroatoms. The van der Waals surface area contributed by atoms with Crippen LogP contribution in [0.15, 0.2) is 60.9 Å². The van der Waals surface area contributed by atoms with Gasteiger partial charge in [0.25, 0.3) is 0 Å². The highest BCUT2D eigenvalue weighted by Crippen LogP contribution is 2.24. The van der Waals surface area contributed by atoms with Gasteiger partial charge in [0, 0.05) is 36.7 Å². The first-order chi connectivity index (χ1) is 14.6. The lowest BCUT2D eigenvalue weighted by atomic mass is 9.97. The summed E-state index contributed by atoms with van der Waals surface area (Å²) in [6, 6.07) is 16.4. The third-order valence-corrected chi connectivity index (χ3v) is 5.73. The number of anilines is 2. The highest BCUT2D eigenvalue weighted by Gasteiger charge is 2.27. The second kappa shape index (κ2) is 9.08. The number of rotatable bonds is 5. The van der Waals surface area contributed by atoms with Crippen LogP contribution in [0.2, 0.25) is 0 Å². The summed E-state index contributed by atoms with van der Waals surface area (Å²) in [5, 5.41) is 3.06. The Kier molecular flexibility index (Phi) is 6.07. The van der Waals surface area contributed by atoms with E-state index in [0.29, 0.717) is 12.5 Å². The molecular formula is C25H28N4O. The van der Waals surface area contributed by atoms with E-state index in [1.165, 1.54) is 11.1 Å². The first-order valence-electron chi connectivity index (χ1n) is 10.7. The van der Waals surface area contributed by atoms with Crippen LogP contribution in [0.4, 0.5) is 11.6 Å². The van der Waals surface area contributed by atoms with Crippen LogP contribution in [-0.2, 0) is 11.2 Å². The molecule has 1 aromatic heterocycles. The van der Waals surface area contributed by atoms with Gasteiger partial charge < -0.3 is 10.2 Å². The molecule has 1 atom stereocenters. The van der Waals surface area contributed by atoms with Crippen molar-refractivity contribution in [3.05, 3.63) is 72.1 Å². The number of benzene rings is 2. The van der Waals surface area contributed by atoms with Gasteiger partial charge in [-0.05, 0) is 49.4 Å². The molecule has 5 nitrogen and oxygen atoms in total. The minimum absolute atomic E-state index is 0.0648. The number of nitrogens with zero attached hydrogens (tertiary/aromatic N) is 3. The summed E-state index contributed by atoms with van der Waals surface area (Å²) in [6.07, 6.45) is 6.57. The Morgan fingerprint density at radius 2 is 1.73 bits per heavy atom. The first-order valence-corrected chi connectivity index (χ1v) is 10.7. The number of aromatic nitrogens is 2. The molecule has 0 aliphatic carbocycles. The van der Waals surface area contributed by atoms with Crippen LogP contribution in [0.5, 0.6) is 0 Å². The number of amides is 1. The summed E-state index contributed by atoms with van der Waals surface area (Å²) in [5.74, 6) is 0.695. The van der Waals surface area contributed by atoms with E-state index in [1.807, 2.05) is 24.5 Å². The van der Waals surface area contributed by atoms with Crippen molar-refractivity contribution in [2.75, 3.05) is 23.3 Å². The summed E-state index contributed by atoms with van der Waals surface area (Å²) >= 11 is 0. The molecule has 1 aliphatic heterocycles. The van der Waals surface area contributed by atoms with Crippen molar-refractivity contribution < 1.29 is 4.79 Å². The average molecular weight is 401 g/mol. The molecule has 1 saturated heterocycles. The van der Waals surface area contributed by atoms with Crippen molar-refractivity contribution in [3.63, 3.8) is 0 Å². The number of carbonyl (C=O) groups excluding carboxylic acids is 1. The maximum atomic E-state index is 12.8. The smallest absolute Gasteiger partial charge is 0.229 e. The fourth-order valence-corrected chi connectivity index (χ4v) is 3.82. The molecule has 1 aliphatic rings. The SMILES string of the molecule is CCc1ccc(NC(=O)[C@H]2CCCN(c3ncc(-c4ccc(C)cc4)cn3)C2)cc1. The number of hydrogen-bond acceptors (Lipinski definition) is 4. The fraction of sp³-hybridized carbons (Fsp3) is 0.320. The largest absolute Gasteiger partial charge is 0.340 e. The second-order valence-electron chi connectivity index (χ2n) is 7.96. The molecule has 0 unspecified atom stereocenters. The molecule has 2 heterocycles. The van der Waals surface area contributed by atoms with Crippen LogP contribution in [0.3, 0.4) is 0 Å². The fourth-order valence-electron chi connectivity index (χ4n) is 3.82. The molecule has 0 saturated carbocycles. The quantitative estimate of drug-likeness (QED) is 0.664. The molecule has 1 fully saturated rings. The van der Waals surface area contributed by atoms with Crippen LogP contribution in [0.1, 0.15) is 30.9 Å². The number of aryl methyl sites for hydroxylation is 2. The van der Waals surface area contributed by atoms with Gasteiger partial charge in [-0.3, -0.25) is 4.79 Å². The van der Waals surface area contributed by atoms with Crippen LogP contribution < -0.4 is 10.2 Å². The lowest BCUT2D eigenvalue weighted by Gasteiger charge is -2.32. The molecular weight excluding hydrogens is 372 g/mol. The van der Waals surface area contributed by atoms with E-state index in [2.05, 4.69) is 70.4 Å². The Labute approximate surface area is 178 Å². The van der Waals surface area contributed by atoms with Crippen molar-refractivity contribution in [2.45, 2.75) is 33.1 Å². The van der Waals surface area contributed by atoms with Gasteiger partial charge in [0.2, 0.25) is 11.9 Å². The van der Waals surface area contributed by atoms with Gasteiger partial charge >= 0.3 is 0 Å². The van der Waals surface area contributed by atoms with Crippen LogP contribution >= 0.6 is 0 Å². The topological polar surface area (TPSA) is 58.1 Å². The minimum atomic E-state index is -0.0648. The maximum absolute atomic E-state index is 12.8. The van der Waals surface area contributed by atoms with Gasteiger partial charge in [-0.25, -0.2) is 9.97 Å². The maximum Gasteiger partial charge on any atom is 0.229 e. The number of nitrogens with one attached hydrogen (secondary N) is 1. The van der Waals surface area contributed by atoms with Crippen LogP contribution in [0, 0.1) is 12.8 Å². The van der Waals surface area contributed by atoms with Gasteiger partial charge in [0.1, 0.15) is 0 Å². The zero-order valence-electron chi connectivity index (χ0n) is 17.6. The molecule has 3 aromatic rings. The molecule has 0 spiro atoms. The van der Waals surface area contributed by atoms with E-state index in [1.54, 1.807) is 0 Å². The Morgan fingerprint density at radius 1 is 1.03 bits per heavy atom. The molecule has 154 valence electrons. The number of piperidine rings is 1. The molecule has 1 amide bonds. The third-order valence-electron chi connectivity index (χ3n) is 5.73. The van der Waals surface area contributed by atoms with Gasteiger partial charge in [-0.1, -0.05) is 48.9 Å². The molecule has 1 N–H and O–H groups in total. The summed E-state index contributed by atoms with van der Waals surface area (Å²) in [4.78, 5) is 24.1. The molecule has 2 aromatic carbocycles. The van der Waals surface area contributed by atoms with E-state index in [0.717, 1.165) is 42.6 Å². The van der Waals surface area contributed by atoms with Gasteiger partial charge in [0.05, 0.1) is 5.92 Å². The Hall–Kier alpha value is -3.21. The van der Waals surface area contributed by atoms with E-state index in [9.17, 15) is 4.79 Å². The van der Waals surface area contributed by atoms with Gasteiger partial charge in [0.15, 0.2) is 0 Å². The van der Waals surface area contributed by atoms with Crippen molar-refractivity contribution in [3.8, 4) is 11.1 Å². The number of carbonyl (C=O) groups is 1. The van der Waals surface area contributed by atoms with Gasteiger partial charge in [-0.2, -0.15) is 0 Å². The van der Waals surface area contributed by atoms with Crippen molar-refractivity contribution >= 4 is 17.5 Å². The van der Waals surface area contributed by atoms with Gasteiger partial charge in [-0.15, -0.1) is 0 Å². The standard InChI is InChI=1S/C25H28N4O/c1-3-19-8-12-23(13-9-19)28-24(30)21-5-4-14-29(17-21)25-26-15-22(16-27-25)20-10-6-18(2)7-11-20/h6-13,15-16,21H,3-5,14,17H2,1-2H3,(H,28,30)/t21-/m0/s1. The summed E-state index contributed by atoms with van der Waals surface area (Å²) < 4.78 is 0. The number of hydrogen-bond donors (Lipinski definition) is 1. The van der Waals surface area contributed by atoms with E-state index >= 15 is 0 Å². The normalized spacial score (nSPS) is 16.3. The zero-order chi connectivity index (χ0) is 20.9. The molecule has 0 bridgehead atoms. The molecule has 30 heavy (non-hydrogen) atoms. The Bertz CT molecular complexity index is 981. The monoisotopic (exact) mass is 400 g/mol. The third kappa shape index (κ3) is 4.67. The van der Waals surface area contributed by atoms with Crippen molar-refractivity contribution in [2.24, 2.45) is 5.92 Å². The van der Waals surface area contributed by atoms with E-state index < -0.39 is 0 Å². The highest BCUT2D eigenvalue weighted by atomic mass is 16.1. The highest BCUT2D eigenvalue weighted by molar-refractivity contribution is 5.93. The van der Waals surface area contributed by atoms with E-state index in [4.69, 9.17) is 0 Å². The predicted molar refractivity (Wildman–Crippen MR) is 122 cm³/mol. The lowest BCUT2D eigenvalue weighted by Crippen LogP contribution is -2.41. The first kappa shape index (κ1) is 20.1. The lowest BCUT2D eigenvalue weighted by molar-refractivity contribution is -0.120. The molecule has 0 radical (unpaired) electrons. The zero-order valence-corrected chi connectivity index (χ0v) is 17.6. The van der Waals surface area contributed by atoms with Crippen molar-refractivity contribution in [1.29, 1.82) is 0 Å². The summed E-state index contributed by atoms with van der Waals surface area (Å²) in [7, 11) is 0. The second-order valence-corrected chi connectivity index (χ2v) is 7.96. The van der Waals surface area contributed by atoms with E-state index in [-0.39, 0.29) is 11.8 Å².